The lowest BCUT2D eigenvalue weighted by molar-refractivity contribution is -0.130. The summed E-state index contributed by atoms with van der Waals surface area (Å²) < 4.78 is 0. The van der Waals surface area contributed by atoms with Crippen LogP contribution in [0.4, 0.5) is 5.82 Å². The van der Waals surface area contributed by atoms with Crippen molar-refractivity contribution in [3.05, 3.63) is 78.1 Å². The number of anilines is 1. The van der Waals surface area contributed by atoms with Crippen molar-refractivity contribution in [3.8, 4) is 11.3 Å². The van der Waals surface area contributed by atoms with Crippen molar-refractivity contribution in [1.82, 2.24) is 30.2 Å². The molecular formula is C27H31N7O2. The number of aromatic amines is 1. The zero-order valence-electron chi connectivity index (χ0n) is 20.3. The summed E-state index contributed by atoms with van der Waals surface area (Å²) in [6.07, 6.45) is 1.59. The molecule has 2 aromatic heterocycles. The van der Waals surface area contributed by atoms with Crippen LogP contribution in [0.25, 0.3) is 22.3 Å². The lowest BCUT2D eigenvalue weighted by Gasteiger charge is -2.34. The van der Waals surface area contributed by atoms with Gasteiger partial charge in [-0.05, 0) is 29.7 Å². The molecule has 0 aliphatic carbocycles. The van der Waals surface area contributed by atoms with Crippen molar-refractivity contribution in [2.24, 2.45) is 0 Å². The van der Waals surface area contributed by atoms with Gasteiger partial charge in [0.2, 0.25) is 0 Å². The fourth-order valence-electron chi connectivity index (χ4n) is 4.63. The molecule has 0 saturated carbocycles. The summed E-state index contributed by atoms with van der Waals surface area (Å²) in [5.74, 6) is 0.446. The number of benzene rings is 2. The molecule has 4 N–H and O–H groups in total. The summed E-state index contributed by atoms with van der Waals surface area (Å²) in [6.45, 7) is 6.61. The van der Waals surface area contributed by atoms with E-state index in [1.165, 1.54) is 11.1 Å². The van der Waals surface area contributed by atoms with Gasteiger partial charge in [-0.25, -0.2) is 15.4 Å². The van der Waals surface area contributed by atoms with Gasteiger partial charge in [0.05, 0.1) is 11.9 Å². The van der Waals surface area contributed by atoms with Crippen LogP contribution in [-0.2, 0) is 11.3 Å². The van der Waals surface area contributed by atoms with E-state index in [-0.39, 0.29) is 18.5 Å². The zero-order valence-corrected chi connectivity index (χ0v) is 20.3. The van der Waals surface area contributed by atoms with E-state index in [4.69, 9.17) is 5.21 Å². The molecule has 2 aromatic carbocycles. The van der Waals surface area contributed by atoms with Gasteiger partial charge in [0.25, 0.3) is 5.91 Å². The first-order valence-electron chi connectivity index (χ1n) is 12.2. The number of H-pyrrole nitrogens is 1. The molecule has 1 aliphatic rings. The highest BCUT2D eigenvalue weighted by Crippen LogP contribution is 2.29. The molecule has 1 atom stereocenters. The molecule has 3 heterocycles. The van der Waals surface area contributed by atoms with E-state index in [9.17, 15) is 4.79 Å². The Morgan fingerprint density at radius 3 is 2.47 bits per heavy atom. The largest absolute Gasteiger partial charge is 0.363 e. The summed E-state index contributed by atoms with van der Waals surface area (Å²) in [4.78, 5) is 28.2. The van der Waals surface area contributed by atoms with Gasteiger partial charge in [-0.1, -0.05) is 54.6 Å². The van der Waals surface area contributed by atoms with Crippen LogP contribution in [0.1, 0.15) is 24.1 Å². The Bertz CT molecular complexity index is 1300. The second-order valence-corrected chi connectivity index (χ2v) is 9.23. The van der Waals surface area contributed by atoms with Crippen LogP contribution >= 0.6 is 0 Å². The van der Waals surface area contributed by atoms with Crippen molar-refractivity contribution in [2.45, 2.75) is 19.5 Å². The Morgan fingerprint density at radius 2 is 1.75 bits per heavy atom. The Morgan fingerprint density at radius 1 is 1.03 bits per heavy atom. The minimum atomic E-state index is -0.365. The quantitative estimate of drug-likeness (QED) is 0.224. The van der Waals surface area contributed by atoms with Gasteiger partial charge in [-0.15, -0.1) is 0 Å². The fourth-order valence-corrected chi connectivity index (χ4v) is 4.63. The van der Waals surface area contributed by atoms with Gasteiger partial charge in [0, 0.05) is 44.5 Å². The van der Waals surface area contributed by atoms with E-state index < -0.39 is 0 Å². The van der Waals surface area contributed by atoms with Crippen molar-refractivity contribution in [3.63, 3.8) is 0 Å². The molecule has 4 aromatic rings. The van der Waals surface area contributed by atoms with Crippen molar-refractivity contribution < 1.29 is 10.0 Å². The molecule has 36 heavy (non-hydrogen) atoms. The van der Waals surface area contributed by atoms with Crippen LogP contribution < -0.4 is 10.8 Å². The highest BCUT2D eigenvalue weighted by Gasteiger charge is 2.19. The fraction of sp³-hybridized carbons (Fsp3) is 0.296. The number of hydroxylamine groups is 1. The van der Waals surface area contributed by atoms with Crippen LogP contribution in [0.15, 0.2) is 67.0 Å². The number of carbonyl (C=O) groups is 1. The third-order valence-corrected chi connectivity index (χ3v) is 6.71. The molecule has 1 unspecified atom stereocenters. The average Bonchev–Trinajstić information content (AvgIpc) is 3.36. The Labute approximate surface area is 210 Å². The van der Waals surface area contributed by atoms with Crippen molar-refractivity contribution in [2.75, 3.05) is 38.0 Å². The molecule has 0 spiro atoms. The third kappa shape index (κ3) is 5.54. The number of hydrogen-bond acceptors (Lipinski definition) is 7. The SMILES string of the molecule is CC(Nc1ncnc2[nH]c(-c3ccc(CN4CCN(CC(=O)NO)CC4)cc3)cc12)c1ccccc1. The van der Waals surface area contributed by atoms with Gasteiger partial charge in [-0.3, -0.25) is 19.8 Å². The standard InChI is InChI=1S/C27H31N7O2/c1-19(21-5-3-2-4-6-21)30-26-23-15-24(31-27(23)29-18-28-26)22-9-7-20(8-10-22)16-33-11-13-34(14-12-33)17-25(35)32-36/h2-10,15,18-19,36H,11-14,16-17H2,1H3,(H,32,35)(H2,28,29,30,31). The molecule has 1 amide bonds. The predicted molar refractivity (Wildman–Crippen MR) is 139 cm³/mol. The number of nitrogens with zero attached hydrogens (tertiary/aromatic N) is 4. The minimum Gasteiger partial charge on any atom is -0.363 e. The van der Waals surface area contributed by atoms with Crippen molar-refractivity contribution in [1.29, 1.82) is 0 Å². The van der Waals surface area contributed by atoms with Crippen LogP contribution in [0.5, 0.6) is 0 Å². The first kappa shape index (κ1) is 23.9. The van der Waals surface area contributed by atoms with E-state index in [0.29, 0.717) is 0 Å². The minimum absolute atomic E-state index is 0.121. The average molecular weight is 486 g/mol. The number of amides is 1. The maximum Gasteiger partial charge on any atom is 0.257 e. The number of rotatable bonds is 8. The lowest BCUT2D eigenvalue weighted by Crippen LogP contribution is -2.48. The summed E-state index contributed by atoms with van der Waals surface area (Å²) in [6, 6.07) is 21.1. The predicted octanol–water partition coefficient (Wildman–Crippen LogP) is 3.42. The van der Waals surface area contributed by atoms with Crippen LogP contribution in [0.3, 0.4) is 0 Å². The number of hydrogen-bond donors (Lipinski definition) is 4. The van der Waals surface area contributed by atoms with E-state index in [1.54, 1.807) is 11.8 Å². The Hall–Kier alpha value is -3.79. The number of fused-ring (bicyclic) bond motifs is 1. The van der Waals surface area contributed by atoms with E-state index in [2.05, 4.69) is 74.6 Å². The molecular weight excluding hydrogens is 454 g/mol. The molecule has 0 bridgehead atoms. The first-order valence-corrected chi connectivity index (χ1v) is 12.2. The van der Waals surface area contributed by atoms with Gasteiger partial charge in [0.1, 0.15) is 17.8 Å². The second-order valence-electron chi connectivity index (χ2n) is 9.23. The zero-order chi connectivity index (χ0) is 24.9. The third-order valence-electron chi connectivity index (χ3n) is 6.71. The van der Waals surface area contributed by atoms with Crippen LogP contribution in [0, 0.1) is 0 Å². The molecule has 9 nitrogen and oxygen atoms in total. The van der Waals surface area contributed by atoms with Gasteiger partial charge >= 0.3 is 0 Å². The Kier molecular flexibility index (Phi) is 7.22. The summed E-state index contributed by atoms with van der Waals surface area (Å²) in [7, 11) is 0. The van der Waals surface area contributed by atoms with E-state index >= 15 is 0 Å². The van der Waals surface area contributed by atoms with Gasteiger partial charge in [0.15, 0.2) is 0 Å². The highest BCUT2D eigenvalue weighted by atomic mass is 16.5. The molecule has 186 valence electrons. The highest BCUT2D eigenvalue weighted by molar-refractivity contribution is 5.91. The van der Waals surface area contributed by atoms with Gasteiger partial charge in [-0.2, -0.15) is 0 Å². The maximum atomic E-state index is 11.4. The summed E-state index contributed by atoms with van der Waals surface area (Å²) in [5.41, 5.74) is 7.05. The second kappa shape index (κ2) is 10.9. The van der Waals surface area contributed by atoms with Crippen LogP contribution in [0.2, 0.25) is 0 Å². The topological polar surface area (TPSA) is 109 Å². The van der Waals surface area contributed by atoms with Gasteiger partial charge < -0.3 is 10.3 Å². The van der Waals surface area contributed by atoms with E-state index in [1.807, 2.05) is 23.1 Å². The number of nitrogens with one attached hydrogen (secondary N) is 3. The monoisotopic (exact) mass is 485 g/mol. The summed E-state index contributed by atoms with van der Waals surface area (Å²) >= 11 is 0. The molecule has 0 radical (unpaired) electrons. The Balaban J connectivity index is 1.24. The number of aromatic nitrogens is 3. The smallest absolute Gasteiger partial charge is 0.257 e. The summed E-state index contributed by atoms with van der Waals surface area (Å²) in [5, 5.41) is 13.2. The first-order chi connectivity index (χ1) is 17.6. The molecule has 5 rings (SSSR count). The van der Waals surface area contributed by atoms with Crippen molar-refractivity contribution >= 4 is 22.8 Å². The van der Waals surface area contributed by atoms with Crippen LogP contribution in [-0.4, -0.2) is 68.6 Å². The molecule has 1 fully saturated rings. The number of piperazine rings is 1. The lowest BCUT2D eigenvalue weighted by atomic mass is 10.1. The normalized spacial score (nSPS) is 15.6. The molecule has 1 aliphatic heterocycles. The van der Waals surface area contributed by atoms with E-state index in [0.717, 1.165) is 60.8 Å². The molecule has 9 heteroatoms. The maximum absolute atomic E-state index is 11.4. The molecule has 1 saturated heterocycles. The number of carbonyl (C=O) groups excluding carboxylic acids is 1.